The quantitative estimate of drug-likeness (QED) is 0.678. The number of hydrogen-bond acceptors (Lipinski definition) is 2. The maximum atomic E-state index is 13.6. The number of nitrogens with one attached hydrogen (secondary N) is 1. The molecule has 1 fully saturated rings. The molecule has 0 aromatic heterocycles. The molecule has 31 heavy (non-hydrogen) atoms. The summed E-state index contributed by atoms with van der Waals surface area (Å²) in [5.41, 5.74) is 3.61. The Labute approximate surface area is 184 Å². The summed E-state index contributed by atoms with van der Waals surface area (Å²) < 4.78 is 13.6. The number of nitrogens with zero attached hydrogens (tertiary/aromatic N) is 1. The van der Waals surface area contributed by atoms with E-state index in [1.54, 1.807) is 24.0 Å². The second kappa shape index (κ2) is 10.4. The van der Waals surface area contributed by atoms with Crippen LogP contribution in [0, 0.1) is 18.7 Å². The van der Waals surface area contributed by atoms with Gasteiger partial charge in [0.2, 0.25) is 11.8 Å². The number of carbonyl (C=O) groups is 2. The van der Waals surface area contributed by atoms with Gasteiger partial charge in [0, 0.05) is 31.6 Å². The van der Waals surface area contributed by atoms with Crippen molar-refractivity contribution in [3.05, 3.63) is 76.6 Å². The summed E-state index contributed by atoms with van der Waals surface area (Å²) in [6, 6.07) is 13.2. The number of halogens is 1. The molecule has 0 unspecified atom stereocenters. The van der Waals surface area contributed by atoms with Crippen LogP contribution in [-0.4, -0.2) is 29.8 Å². The molecule has 1 aliphatic heterocycles. The Balaban J connectivity index is 1.45. The van der Waals surface area contributed by atoms with Crippen molar-refractivity contribution in [2.45, 2.75) is 46.1 Å². The first kappa shape index (κ1) is 22.7. The summed E-state index contributed by atoms with van der Waals surface area (Å²) >= 11 is 0. The third kappa shape index (κ3) is 6.27. The molecule has 3 rings (SSSR count). The zero-order valence-electron chi connectivity index (χ0n) is 18.5. The monoisotopic (exact) mass is 422 g/mol. The van der Waals surface area contributed by atoms with Gasteiger partial charge in [-0.1, -0.05) is 50.2 Å². The molecule has 1 aliphatic rings. The van der Waals surface area contributed by atoms with Crippen LogP contribution in [0.1, 0.15) is 54.9 Å². The van der Waals surface area contributed by atoms with Gasteiger partial charge in [-0.25, -0.2) is 4.39 Å². The van der Waals surface area contributed by atoms with E-state index < -0.39 is 0 Å². The number of rotatable bonds is 6. The summed E-state index contributed by atoms with van der Waals surface area (Å²) in [5.74, 6) is 0.0430. The van der Waals surface area contributed by atoms with Gasteiger partial charge in [0.05, 0.1) is 0 Å². The molecular weight excluding hydrogens is 391 g/mol. The molecule has 1 N–H and O–H groups in total. The highest BCUT2D eigenvalue weighted by Gasteiger charge is 2.26. The minimum Gasteiger partial charge on any atom is -0.352 e. The van der Waals surface area contributed by atoms with E-state index in [1.807, 2.05) is 24.3 Å². The molecule has 0 aliphatic carbocycles. The molecule has 2 amide bonds. The molecular formula is C26H31FN2O2. The molecule has 2 aromatic rings. The summed E-state index contributed by atoms with van der Waals surface area (Å²) in [6.07, 6.45) is 4.72. The lowest BCUT2D eigenvalue weighted by molar-refractivity contribution is -0.132. The van der Waals surface area contributed by atoms with Gasteiger partial charge in [-0.2, -0.15) is 0 Å². The Morgan fingerprint density at radius 3 is 2.42 bits per heavy atom. The normalized spacial score (nSPS) is 14.9. The average molecular weight is 423 g/mol. The maximum absolute atomic E-state index is 13.6. The first-order valence-electron chi connectivity index (χ1n) is 10.9. The fourth-order valence-corrected chi connectivity index (χ4v) is 3.71. The Morgan fingerprint density at radius 1 is 1.13 bits per heavy atom. The van der Waals surface area contributed by atoms with Gasteiger partial charge in [0.1, 0.15) is 5.82 Å². The van der Waals surface area contributed by atoms with E-state index in [9.17, 15) is 14.0 Å². The summed E-state index contributed by atoms with van der Waals surface area (Å²) in [7, 11) is 0. The average Bonchev–Trinajstić information content (AvgIpc) is 2.78. The van der Waals surface area contributed by atoms with E-state index in [1.165, 1.54) is 11.6 Å². The van der Waals surface area contributed by atoms with Gasteiger partial charge in [-0.15, -0.1) is 0 Å². The fraction of sp³-hybridized carbons (Fsp3) is 0.385. The SMILES string of the molecule is Cc1ccc(CNC(=O)C2CCN(C(=O)/C=C/c3ccc(C(C)C)cc3)CC2)cc1F. The molecule has 5 heteroatoms. The highest BCUT2D eigenvalue weighted by molar-refractivity contribution is 5.92. The topological polar surface area (TPSA) is 49.4 Å². The zero-order valence-corrected chi connectivity index (χ0v) is 18.5. The first-order chi connectivity index (χ1) is 14.8. The maximum Gasteiger partial charge on any atom is 0.246 e. The van der Waals surface area contributed by atoms with Crippen LogP contribution in [0.3, 0.4) is 0 Å². The number of aryl methyl sites for hydroxylation is 1. The van der Waals surface area contributed by atoms with Crippen molar-refractivity contribution in [2.24, 2.45) is 5.92 Å². The molecule has 0 atom stereocenters. The van der Waals surface area contributed by atoms with E-state index in [4.69, 9.17) is 0 Å². The predicted octanol–water partition coefficient (Wildman–Crippen LogP) is 4.83. The van der Waals surface area contributed by atoms with Crippen LogP contribution in [0.2, 0.25) is 0 Å². The number of likely N-dealkylation sites (tertiary alicyclic amines) is 1. The Bertz CT molecular complexity index is 942. The summed E-state index contributed by atoms with van der Waals surface area (Å²) in [6.45, 7) is 7.46. The number of carbonyl (C=O) groups excluding carboxylic acids is 2. The minimum atomic E-state index is -0.262. The van der Waals surface area contributed by atoms with E-state index in [-0.39, 0.29) is 23.5 Å². The van der Waals surface area contributed by atoms with Gasteiger partial charge in [-0.05, 0) is 60.1 Å². The van der Waals surface area contributed by atoms with Crippen LogP contribution in [0.5, 0.6) is 0 Å². The largest absolute Gasteiger partial charge is 0.352 e. The lowest BCUT2D eigenvalue weighted by Crippen LogP contribution is -2.42. The summed E-state index contributed by atoms with van der Waals surface area (Å²) in [5, 5.41) is 2.90. The number of benzene rings is 2. The van der Waals surface area contributed by atoms with Crippen LogP contribution in [0.4, 0.5) is 4.39 Å². The van der Waals surface area contributed by atoms with Crippen molar-refractivity contribution >= 4 is 17.9 Å². The Kier molecular flexibility index (Phi) is 7.61. The van der Waals surface area contributed by atoms with Crippen molar-refractivity contribution in [2.75, 3.05) is 13.1 Å². The minimum absolute atomic E-state index is 0.0260. The molecule has 0 spiro atoms. The van der Waals surface area contributed by atoms with Crippen LogP contribution in [-0.2, 0) is 16.1 Å². The van der Waals surface area contributed by atoms with Crippen molar-refractivity contribution in [1.29, 1.82) is 0 Å². The fourth-order valence-electron chi connectivity index (χ4n) is 3.71. The number of piperidine rings is 1. The third-order valence-corrected chi connectivity index (χ3v) is 5.90. The number of hydrogen-bond donors (Lipinski definition) is 1. The highest BCUT2D eigenvalue weighted by Crippen LogP contribution is 2.19. The van der Waals surface area contributed by atoms with Crippen LogP contribution < -0.4 is 5.32 Å². The Morgan fingerprint density at radius 2 is 1.81 bits per heavy atom. The van der Waals surface area contributed by atoms with Gasteiger partial charge in [-0.3, -0.25) is 9.59 Å². The lowest BCUT2D eigenvalue weighted by atomic mass is 9.95. The van der Waals surface area contributed by atoms with E-state index in [2.05, 4.69) is 31.3 Å². The first-order valence-corrected chi connectivity index (χ1v) is 10.9. The molecule has 0 saturated carbocycles. The van der Waals surface area contributed by atoms with Crippen LogP contribution in [0.15, 0.2) is 48.5 Å². The second-order valence-electron chi connectivity index (χ2n) is 8.56. The van der Waals surface area contributed by atoms with Crippen LogP contribution >= 0.6 is 0 Å². The van der Waals surface area contributed by atoms with Crippen molar-refractivity contribution in [3.63, 3.8) is 0 Å². The van der Waals surface area contributed by atoms with Gasteiger partial charge in [0.15, 0.2) is 0 Å². The Hall–Kier alpha value is -2.95. The molecule has 1 heterocycles. The van der Waals surface area contributed by atoms with Gasteiger partial charge < -0.3 is 10.2 Å². The van der Waals surface area contributed by atoms with Crippen molar-refractivity contribution in [3.8, 4) is 0 Å². The molecule has 164 valence electrons. The zero-order chi connectivity index (χ0) is 22.4. The standard InChI is InChI=1S/C26H31FN2O2/c1-18(2)22-9-6-20(7-10-22)8-11-25(30)29-14-12-23(13-15-29)26(31)28-17-21-5-4-19(3)24(27)16-21/h4-11,16,18,23H,12-15,17H2,1-3H3,(H,28,31)/b11-8+. The van der Waals surface area contributed by atoms with Gasteiger partial charge >= 0.3 is 0 Å². The smallest absolute Gasteiger partial charge is 0.246 e. The van der Waals surface area contributed by atoms with Gasteiger partial charge in [0.25, 0.3) is 0 Å². The summed E-state index contributed by atoms with van der Waals surface area (Å²) in [4.78, 5) is 26.7. The van der Waals surface area contributed by atoms with E-state index >= 15 is 0 Å². The highest BCUT2D eigenvalue weighted by atomic mass is 19.1. The molecule has 0 radical (unpaired) electrons. The van der Waals surface area contributed by atoms with E-state index in [0.717, 1.165) is 11.1 Å². The molecule has 4 nitrogen and oxygen atoms in total. The predicted molar refractivity (Wildman–Crippen MR) is 122 cm³/mol. The number of amides is 2. The lowest BCUT2D eigenvalue weighted by Gasteiger charge is -2.30. The van der Waals surface area contributed by atoms with Crippen molar-refractivity contribution < 1.29 is 14.0 Å². The van der Waals surface area contributed by atoms with Crippen molar-refractivity contribution in [1.82, 2.24) is 10.2 Å². The van der Waals surface area contributed by atoms with E-state index in [0.29, 0.717) is 44.0 Å². The second-order valence-corrected chi connectivity index (χ2v) is 8.56. The molecule has 0 bridgehead atoms. The molecule has 2 aromatic carbocycles. The molecule has 1 saturated heterocycles. The third-order valence-electron chi connectivity index (χ3n) is 5.90. The van der Waals surface area contributed by atoms with Crippen LogP contribution in [0.25, 0.3) is 6.08 Å².